The second kappa shape index (κ2) is 6.73. The van der Waals surface area contributed by atoms with E-state index in [1.165, 1.54) is 12.1 Å². The maximum Gasteiger partial charge on any atom is 0.251 e. The number of benzene rings is 2. The molecular weight excluding hydrogens is 339 g/mol. The molecule has 0 spiro atoms. The zero-order valence-electron chi connectivity index (χ0n) is 14.0. The van der Waals surface area contributed by atoms with Crippen molar-refractivity contribution in [1.82, 2.24) is 4.57 Å². The van der Waals surface area contributed by atoms with Crippen LogP contribution in [-0.4, -0.2) is 10.5 Å². The van der Waals surface area contributed by atoms with Crippen LogP contribution >= 0.6 is 11.6 Å². The monoisotopic (exact) mass is 356 g/mol. The molecule has 3 nitrogen and oxygen atoms in total. The normalized spacial score (nSPS) is 10.9. The molecule has 128 valence electrons. The van der Waals surface area contributed by atoms with Gasteiger partial charge in [-0.1, -0.05) is 35.9 Å². The first kappa shape index (κ1) is 17.2. The lowest BCUT2D eigenvalue weighted by Crippen LogP contribution is -2.13. The second-order valence-electron chi connectivity index (χ2n) is 6.01. The average Bonchev–Trinajstić information content (AvgIpc) is 2.80. The van der Waals surface area contributed by atoms with E-state index in [-0.39, 0.29) is 5.82 Å². The average molecular weight is 357 g/mol. The van der Waals surface area contributed by atoms with Crippen LogP contribution in [0.15, 0.2) is 48.5 Å². The molecule has 3 aromatic rings. The van der Waals surface area contributed by atoms with Crippen molar-refractivity contribution in [1.29, 1.82) is 0 Å². The Labute approximate surface area is 150 Å². The van der Waals surface area contributed by atoms with E-state index in [4.69, 9.17) is 17.3 Å². The van der Waals surface area contributed by atoms with Crippen molar-refractivity contribution in [2.75, 3.05) is 0 Å². The number of amides is 1. The summed E-state index contributed by atoms with van der Waals surface area (Å²) in [5, 5.41) is 0.661. The quantitative estimate of drug-likeness (QED) is 0.723. The molecule has 25 heavy (non-hydrogen) atoms. The number of primary amides is 1. The Kier molecular flexibility index (Phi) is 4.64. The summed E-state index contributed by atoms with van der Waals surface area (Å²) in [4.78, 5) is 12.1. The van der Waals surface area contributed by atoms with Gasteiger partial charge >= 0.3 is 0 Å². The fraction of sp³-hybridized carbons (Fsp3) is 0.150. The van der Waals surface area contributed by atoms with Crippen LogP contribution in [-0.2, 0) is 6.54 Å². The SMILES string of the molecule is Cc1c(C(N)=O)c(-c2ccc(F)cc2)c(C)n1Cc1cccc(Cl)c1. The van der Waals surface area contributed by atoms with E-state index in [1.54, 1.807) is 12.1 Å². The Morgan fingerprint density at radius 2 is 1.80 bits per heavy atom. The molecule has 1 heterocycles. The van der Waals surface area contributed by atoms with Crippen molar-refractivity contribution in [2.24, 2.45) is 5.73 Å². The molecule has 2 N–H and O–H groups in total. The van der Waals surface area contributed by atoms with Crippen LogP contribution in [0.1, 0.15) is 27.3 Å². The number of hydrogen-bond donors (Lipinski definition) is 1. The standard InChI is InChI=1S/C20H18ClFN2O/c1-12-18(15-6-8-17(22)9-7-15)19(20(23)25)13(2)24(12)11-14-4-3-5-16(21)10-14/h3-10H,11H2,1-2H3,(H2,23,25). The van der Waals surface area contributed by atoms with Gasteiger partial charge in [0.15, 0.2) is 0 Å². The maximum atomic E-state index is 13.3. The molecule has 0 aliphatic carbocycles. The number of halogens is 2. The maximum absolute atomic E-state index is 13.3. The van der Waals surface area contributed by atoms with E-state index in [1.807, 2.05) is 42.7 Å². The molecule has 5 heteroatoms. The minimum absolute atomic E-state index is 0.322. The Balaban J connectivity index is 2.16. The summed E-state index contributed by atoms with van der Waals surface area (Å²) in [6.07, 6.45) is 0. The first-order chi connectivity index (χ1) is 11.9. The summed E-state index contributed by atoms with van der Waals surface area (Å²) in [7, 11) is 0. The molecule has 0 fully saturated rings. The number of carbonyl (C=O) groups excluding carboxylic acids is 1. The number of nitrogens with zero attached hydrogens (tertiary/aromatic N) is 1. The van der Waals surface area contributed by atoms with Crippen LogP contribution in [0.25, 0.3) is 11.1 Å². The van der Waals surface area contributed by atoms with E-state index >= 15 is 0 Å². The first-order valence-corrected chi connectivity index (χ1v) is 8.26. The lowest BCUT2D eigenvalue weighted by molar-refractivity contribution is 0.1000. The number of hydrogen-bond acceptors (Lipinski definition) is 1. The van der Waals surface area contributed by atoms with Gasteiger partial charge in [0.25, 0.3) is 5.91 Å². The molecule has 1 aromatic heterocycles. The lowest BCUT2D eigenvalue weighted by atomic mass is 10.00. The van der Waals surface area contributed by atoms with Gasteiger partial charge in [-0.2, -0.15) is 0 Å². The Morgan fingerprint density at radius 3 is 2.40 bits per heavy atom. The molecule has 3 rings (SSSR count). The molecular formula is C20H18ClFN2O. The zero-order chi connectivity index (χ0) is 18.1. The first-order valence-electron chi connectivity index (χ1n) is 7.88. The summed E-state index contributed by atoms with van der Waals surface area (Å²) in [6.45, 7) is 4.37. The summed E-state index contributed by atoms with van der Waals surface area (Å²) in [6, 6.07) is 13.7. The van der Waals surface area contributed by atoms with E-state index in [2.05, 4.69) is 0 Å². The van der Waals surface area contributed by atoms with Gasteiger partial charge in [0.2, 0.25) is 0 Å². The molecule has 0 aliphatic rings. The molecule has 0 radical (unpaired) electrons. The topological polar surface area (TPSA) is 48.0 Å². The van der Waals surface area contributed by atoms with Crippen LogP contribution in [0.3, 0.4) is 0 Å². The third-order valence-electron chi connectivity index (χ3n) is 4.39. The Bertz CT molecular complexity index is 945. The predicted octanol–water partition coefficient (Wildman–Crippen LogP) is 4.71. The van der Waals surface area contributed by atoms with Crippen LogP contribution in [0.2, 0.25) is 5.02 Å². The largest absolute Gasteiger partial charge is 0.366 e. The molecule has 2 aromatic carbocycles. The highest BCUT2D eigenvalue weighted by Gasteiger charge is 2.22. The molecule has 0 unspecified atom stereocenters. The number of nitrogens with two attached hydrogens (primary N) is 1. The highest BCUT2D eigenvalue weighted by atomic mass is 35.5. The number of rotatable bonds is 4. The zero-order valence-corrected chi connectivity index (χ0v) is 14.8. The molecule has 1 amide bonds. The minimum atomic E-state index is -0.496. The van der Waals surface area contributed by atoms with Crippen molar-refractivity contribution in [3.8, 4) is 11.1 Å². The molecule has 0 aliphatic heterocycles. The Morgan fingerprint density at radius 1 is 1.12 bits per heavy atom. The third-order valence-corrected chi connectivity index (χ3v) is 4.63. The van der Waals surface area contributed by atoms with Crippen LogP contribution in [0.5, 0.6) is 0 Å². The highest BCUT2D eigenvalue weighted by molar-refractivity contribution is 6.30. The van der Waals surface area contributed by atoms with Crippen molar-refractivity contribution in [2.45, 2.75) is 20.4 Å². The van der Waals surface area contributed by atoms with Gasteiger partial charge in [-0.15, -0.1) is 0 Å². The molecule has 0 saturated heterocycles. The molecule has 0 saturated carbocycles. The summed E-state index contributed by atoms with van der Waals surface area (Å²) in [5.74, 6) is -0.818. The van der Waals surface area contributed by atoms with Gasteiger partial charge in [0.1, 0.15) is 5.82 Å². The van der Waals surface area contributed by atoms with Crippen LogP contribution < -0.4 is 5.73 Å². The van der Waals surface area contributed by atoms with E-state index in [0.717, 1.165) is 28.1 Å². The third kappa shape index (κ3) is 3.30. The van der Waals surface area contributed by atoms with Gasteiger partial charge in [-0.05, 0) is 49.2 Å². The van der Waals surface area contributed by atoms with E-state index < -0.39 is 5.91 Å². The molecule has 0 bridgehead atoms. The van der Waals surface area contributed by atoms with Crippen molar-refractivity contribution >= 4 is 17.5 Å². The number of carbonyl (C=O) groups is 1. The summed E-state index contributed by atoms with van der Waals surface area (Å²) >= 11 is 6.07. The predicted molar refractivity (Wildman–Crippen MR) is 98.4 cm³/mol. The van der Waals surface area contributed by atoms with Gasteiger partial charge in [0, 0.05) is 28.5 Å². The smallest absolute Gasteiger partial charge is 0.251 e. The highest BCUT2D eigenvalue weighted by Crippen LogP contribution is 2.33. The van der Waals surface area contributed by atoms with Gasteiger partial charge in [-0.25, -0.2) is 4.39 Å². The van der Waals surface area contributed by atoms with Crippen molar-refractivity contribution in [3.63, 3.8) is 0 Å². The fourth-order valence-corrected chi connectivity index (χ4v) is 3.42. The molecule has 0 atom stereocenters. The van der Waals surface area contributed by atoms with Crippen LogP contribution in [0, 0.1) is 19.7 Å². The van der Waals surface area contributed by atoms with E-state index in [0.29, 0.717) is 17.1 Å². The van der Waals surface area contributed by atoms with E-state index in [9.17, 15) is 9.18 Å². The van der Waals surface area contributed by atoms with Gasteiger partial charge in [-0.3, -0.25) is 4.79 Å². The summed E-state index contributed by atoms with van der Waals surface area (Å²) in [5.41, 5.74) is 10.3. The van der Waals surface area contributed by atoms with Gasteiger partial charge < -0.3 is 10.3 Å². The summed E-state index contributed by atoms with van der Waals surface area (Å²) < 4.78 is 15.3. The fourth-order valence-electron chi connectivity index (χ4n) is 3.21. The van der Waals surface area contributed by atoms with Crippen LogP contribution in [0.4, 0.5) is 4.39 Å². The minimum Gasteiger partial charge on any atom is -0.366 e. The second-order valence-corrected chi connectivity index (χ2v) is 6.44. The van der Waals surface area contributed by atoms with Crippen molar-refractivity contribution < 1.29 is 9.18 Å². The Hall–Kier alpha value is -2.59. The van der Waals surface area contributed by atoms with Crippen molar-refractivity contribution in [3.05, 3.63) is 81.9 Å². The lowest BCUT2D eigenvalue weighted by Gasteiger charge is -2.10. The number of aromatic nitrogens is 1. The van der Waals surface area contributed by atoms with Gasteiger partial charge in [0.05, 0.1) is 5.56 Å².